The van der Waals surface area contributed by atoms with Crippen molar-refractivity contribution in [1.29, 1.82) is 0 Å². The number of rotatable bonds is 1. The first-order chi connectivity index (χ1) is 7.59. The molecule has 2 heteroatoms. The topological polar surface area (TPSA) is 0 Å². The van der Waals surface area contributed by atoms with Gasteiger partial charge in [0.1, 0.15) is 12.3 Å². The monoisotopic (exact) mass is 228 g/mol. The van der Waals surface area contributed by atoms with Gasteiger partial charge in [0.2, 0.25) is 0 Å². The van der Waals surface area contributed by atoms with Crippen molar-refractivity contribution in [2.24, 2.45) is 17.8 Å². The van der Waals surface area contributed by atoms with Gasteiger partial charge in [0.25, 0.3) is 0 Å². The second kappa shape index (κ2) is 4.85. The molecule has 2 rings (SSSR count). The van der Waals surface area contributed by atoms with E-state index in [0.29, 0.717) is 5.92 Å². The van der Waals surface area contributed by atoms with E-state index in [0.717, 1.165) is 32.1 Å². The fourth-order valence-electron chi connectivity index (χ4n) is 3.19. The summed E-state index contributed by atoms with van der Waals surface area (Å²) >= 11 is 0. The number of hydrogen-bond donors (Lipinski definition) is 0. The fourth-order valence-corrected chi connectivity index (χ4v) is 3.19. The first-order valence-corrected chi connectivity index (χ1v) is 6.53. The second-order valence-corrected chi connectivity index (χ2v) is 5.69. The highest BCUT2D eigenvalue weighted by Crippen LogP contribution is 2.42. The Morgan fingerprint density at radius 1 is 1.12 bits per heavy atom. The molecule has 2 aliphatic carbocycles. The van der Waals surface area contributed by atoms with Crippen molar-refractivity contribution in [2.75, 3.05) is 0 Å². The van der Waals surface area contributed by atoms with Crippen LogP contribution in [0.1, 0.15) is 46.0 Å². The molecule has 0 radical (unpaired) electrons. The summed E-state index contributed by atoms with van der Waals surface area (Å²) in [6, 6.07) is 0. The Kier molecular flexibility index (Phi) is 3.66. The van der Waals surface area contributed by atoms with Gasteiger partial charge >= 0.3 is 0 Å². The molecule has 0 amide bonds. The Labute approximate surface area is 97.1 Å². The minimum absolute atomic E-state index is 0.0319. The first-order valence-electron chi connectivity index (χ1n) is 6.53. The third kappa shape index (κ3) is 2.31. The Bertz CT molecular complexity index is 272. The highest BCUT2D eigenvalue weighted by atomic mass is 19.2. The number of allylic oxidation sites excluding steroid dienone is 2. The minimum atomic E-state index is -1.23. The molecule has 92 valence electrons. The van der Waals surface area contributed by atoms with E-state index in [4.69, 9.17) is 0 Å². The second-order valence-electron chi connectivity index (χ2n) is 5.69. The summed E-state index contributed by atoms with van der Waals surface area (Å²) in [4.78, 5) is 0. The molecule has 1 saturated carbocycles. The maximum atomic E-state index is 14.0. The maximum Gasteiger partial charge on any atom is 0.134 e. The van der Waals surface area contributed by atoms with Crippen molar-refractivity contribution in [3.8, 4) is 0 Å². The van der Waals surface area contributed by atoms with Crippen LogP contribution in [0.3, 0.4) is 0 Å². The molecule has 0 heterocycles. The van der Waals surface area contributed by atoms with Gasteiger partial charge in [-0.25, -0.2) is 8.78 Å². The predicted octanol–water partition coefficient (Wildman–Crippen LogP) is 4.46. The summed E-state index contributed by atoms with van der Waals surface area (Å²) in [6.45, 7) is 3.96. The largest absolute Gasteiger partial charge is 0.244 e. The average molecular weight is 228 g/mol. The van der Waals surface area contributed by atoms with Gasteiger partial charge in [-0.15, -0.1) is 0 Å². The van der Waals surface area contributed by atoms with E-state index >= 15 is 0 Å². The van der Waals surface area contributed by atoms with Crippen LogP contribution in [-0.4, -0.2) is 12.3 Å². The summed E-state index contributed by atoms with van der Waals surface area (Å²) in [5.74, 6) is 0.257. The van der Waals surface area contributed by atoms with Gasteiger partial charge in [0.15, 0.2) is 0 Å². The third-order valence-corrected chi connectivity index (χ3v) is 4.50. The van der Waals surface area contributed by atoms with Gasteiger partial charge in [-0.2, -0.15) is 0 Å². The van der Waals surface area contributed by atoms with Crippen molar-refractivity contribution in [3.05, 3.63) is 11.6 Å². The zero-order valence-corrected chi connectivity index (χ0v) is 10.3. The molecule has 0 bridgehead atoms. The molecule has 1 fully saturated rings. The lowest BCUT2D eigenvalue weighted by atomic mass is 9.70. The summed E-state index contributed by atoms with van der Waals surface area (Å²) in [6.07, 6.45) is 4.57. The van der Waals surface area contributed by atoms with E-state index in [9.17, 15) is 8.78 Å². The first kappa shape index (κ1) is 12.1. The minimum Gasteiger partial charge on any atom is -0.244 e. The fraction of sp³-hybridized carbons (Fsp3) is 0.857. The van der Waals surface area contributed by atoms with Crippen molar-refractivity contribution >= 4 is 0 Å². The van der Waals surface area contributed by atoms with Crippen LogP contribution in [0.2, 0.25) is 0 Å². The standard InChI is InChI=1S/C14H22F2/c1-9-3-6-11(7-4-9)12-8-5-10(2)13(15)14(12)16/h3,10-14H,4-8H2,1-2H3. The van der Waals surface area contributed by atoms with Crippen LogP contribution in [0.25, 0.3) is 0 Å². The number of halogens is 2. The zero-order chi connectivity index (χ0) is 11.7. The highest BCUT2D eigenvalue weighted by Gasteiger charge is 2.41. The van der Waals surface area contributed by atoms with Crippen LogP contribution in [0.4, 0.5) is 8.78 Å². The molecular weight excluding hydrogens is 206 g/mol. The molecule has 0 saturated heterocycles. The van der Waals surface area contributed by atoms with Crippen molar-refractivity contribution in [1.82, 2.24) is 0 Å². The summed E-state index contributed by atoms with van der Waals surface area (Å²) in [5.41, 5.74) is 1.41. The van der Waals surface area contributed by atoms with E-state index < -0.39 is 12.3 Å². The van der Waals surface area contributed by atoms with E-state index in [1.54, 1.807) is 0 Å². The van der Waals surface area contributed by atoms with Crippen molar-refractivity contribution in [3.63, 3.8) is 0 Å². The highest BCUT2D eigenvalue weighted by molar-refractivity contribution is 5.05. The zero-order valence-electron chi connectivity index (χ0n) is 10.3. The van der Waals surface area contributed by atoms with Gasteiger partial charge in [-0.05, 0) is 56.8 Å². The van der Waals surface area contributed by atoms with Crippen molar-refractivity contribution in [2.45, 2.75) is 58.3 Å². The molecule has 5 atom stereocenters. The Morgan fingerprint density at radius 3 is 2.50 bits per heavy atom. The predicted molar refractivity (Wildman–Crippen MR) is 62.8 cm³/mol. The number of hydrogen-bond acceptors (Lipinski definition) is 0. The SMILES string of the molecule is CC1=CCC(C2CCC(C)C(F)C2F)CC1. The van der Waals surface area contributed by atoms with Gasteiger partial charge in [0.05, 0.1) is 0 Å². The summed E-state index contributed by atoms with van der Waals surface area (Å²) in [7, 11) is 0. The lowest BCUT2D eigenvalue weighted by molar-refractivity contribution is 0.00260. The molecular formula is C14H22F2. The molecule has 0 nitrogen and oxygen atoms in total. The van der Waals surface area contributed by atoms with E-state index in [-0.39, 0.29) is 11.8 Å². The van der Waals surface area contributed by atoms with Gasteiger partial charge in [-0.1, -0.05) is 18.6 Å². The average Bonchev–Trinajstić information content (AvgIpc) is 2.28. The van der Waals surface area contributed by atoms with Crippen LogP contribution in [0.15, 0.2) is 11.6 Å². The molecule has 0 N–H and O–H groups in total. The molecule has 5 unspecified atom stereocenters. The van der Waals surface area contributed by atoms with E-state index in [1.165, 1.54) is 5.57 Å². The molecule has 0 aromatic carbocycles. The normalized spacial score (nSPS) is 45.2. The van der Waals surface area contributed by atoms with E-state index in [1.807, 2.05) is 6.92 Å². The third-order valence-electron chi connectivity index (χ3n) is 4.50. The lowest BCUT2D eigenvalue weighted by Crippen LogP contribution is -2.40. The quantitative estimate of drug-likeness (QED) is 0.581. The maximum absolute atomic E-state index is 14.0. The summed E-state index contributed by atoms with van der Waals surface area (Å²) < 4.78 is 27.6. The molecule has 0 aliphatic heterocycles. The lowest BCUT2D eigenvalue weighted by Gasteiger charge is -2.38. The van der Waals surface area contributed by atoms with Crippen molar-refractivity contribution < 1.29 is 8.78 Å². The van der Waals surface area contributed by atoms with Crippen LogP contribution >= 0.6 is 0 Å². The molecule has 0 spiro atoms. The van der Waals surface area contributed by atoms with Gasteiger partial charge in [0, 0.05) is 0 Å². The van der Waals surface area contributed by atoms with Crippen LogP contribution in [0, 0.1) is 17.8 Å². The smallest absolute Gasteiger partial charge is 0.134 e. The summed E-state index contributed by atoms with van der Waals surface area (Å²) in [5, 5.41) is 0. The molecule has 0 aromatic heterocycles. The molecule has 16 heavy (non-hydrogen) atoms. The van der Waals surface area contributed by atoms with E-state index in [2.05, 4.69) is 13.0 Å². The van der Waals surface area contributed by atoms with Gasteiger partial charge < -0.3 is 0 Å². The van der Waals surface area contributed by atoms with Gasteiger partial charge in [-0.3, -0.25) is 0 Å². The Balaban J connectivity index is 1.99. The molecule has 0 aromatic rings. The Morgan fingerprint density at radius 2 is 1.88 bits per heavy atom. The van der Waals surface area contributed by atoms with Crippen LogP contribution in [0.5, 0.6) is 0 Å². The molecule has 2 aliphatic rings. The van der Waals surface area contributed by atoms with Crippen LogP contribution < -0.4 is 0 Å². The Hall–Kier alpha value is -0.400. The number of alkyl halides is 2. The van der Waals surface area contributed by atoms with Crippen LogP contribution in [-0.2, 0) is 0 Å².